The summed E-state index contributed by atoms with van der Waals surface area (Å²) in [6.45, 7) is 13.0. The summed E-state index contributed by atoms with van der Waals surface area (Å²) in [4.78, 5) is 0. The number of hydrogen-bond donors (Lipinski definition) is 0. The molecule has 1 rings (SSSR count). The van der Waals surface area contributed by atoms with E-state index in [-0.39, 0.29) is 5.92 Å². The van der Waals surface area contributed by atoms with Crippen LogP contribution in [0.1, 0.15) is 41.5 Å². The molecular weight excluding hydrogens is 247 g/mol. The molecule has 4 heteroatoms. The van der Waals surface area contributed by atoms with Crippen LogP contribution in [0.4, 0.5) is 0 Å². The maximum Gasteiger partial charge on any atom is 0.331 e. The lowest BCUT2D eigenvalue weighted by atomic mass is 9.99. The molecule has 0 aromatic heterocycles. The summed E-state index contributed by atoms with van der Waals surface area (Å²) in [5.74, 6) is 0.203. The van der Waals surface area contributed by atoms with Gasteiger partial charge in [0.05, 0.1) is 19.4 Å². The van der Waals surface area contributed by atoms with Gasteiger partial charge in [-0.3, -0.25) is 4.57 Å². The fraction of sp³-hybridized carbons (Fsp3) is 0.714. The number of rotatable bonds is 6. The summed E-state index contributed by atoms with van der Waals surface area (Å²) in [5, 5.41) is 0. The second-order valence-electron chi connectivity index (χ2n) is 4.80. The van der Waals surface area contributed by atoms with Crippen molar-refractivity contribution in [1.82, 2.24) is 0 Å². The first-order valence-electron chi connectivity index (χ1n) is 6.59. The highest BCUT2D eigenvalue weighted by molar-refractivity contribution is 7.53. The molecule has 0 unspecified atom stereocenters. The third-order valence-corrected chi connectivity index (χ3v) is 5.96. The van der Waals surface area contributed by atoms with E-state index in [9.17, 15) is 4.57 Å². The minimum Gasteiger partial charge on any atom is -0.309 e. The third-order valence-electron chi connectivity index (χ3n) is 3.85. The van der Waals surface area contributed by atoms with E-state index in [4.69, 9.17) is 9.05 Å². The van der Waals surface area contributed by atoms with Crippen molar-refractivity contribution in [2.75, 3.05) is 19.4 Å². The largest absolute Gasteiger partial charge is 0.331 e. The molecule has 0 heterocycles. The first-order valence-corrected chi connectivity index (χ1v) is 8.32. The lowest BCUT2D eigenvalue weighted by molar-refractivity contribution is 0.218. The Morgan fingerprint density at radius 2 is 1.33 bits per heavy atom. The Bertz CT molecular complexity index is 387. The van der Waals surface area contributed by atoms with Crippen LogP contribution in [-0.4, -0.2) is 19.4 Å². The molecule has 3 nitrogen and oxygen atoms in total. The quantitative estimate of drug-likeness (QED) is 0.665. The van der Waals surface area contributed by atoms with Crippen molar-refractivity contribution in [2.45, 2.75) is 41.5 Å². The molecule has 0 saturated carbocycles. The molecule has 0 bridgehead atoms. The van der Waals surface area contributed by atoms with Gasteiger partial charge in [0.25, 0.3) is 0 Å². The lowest BCUT2D eigenvalue weighted by Crippen LogP contribution is -2.11. The number of allylic oxidation sites excluding steroid dienone is 4. The van der Waals surface area contributed by atoms with Crippen molar-refractivity contribution in [3.05, 3.63) is 22.3 Å². The summed E-state index contributed by atoms with van der Waals surface area (Å²) >= 11 is 0. The van der Waals surface area contributed by atoms with Gasteiger partial charge in [-0.25, -0.2) is 0 Å². The Balaban J connectivity index is 2.93. The molecule has 18 heavy (non-hydrogen) atoms. The molecule has 1 aliphatic carbocycles. The normalized spacial score (nSPS) is 18.1. The minimum absolute atomic E-state index is 0.203. The Hall–Kier alpha value is -0.370. The van der Waals surface area contributed by atoms with Crippen LogP contribution >= 0.6 is 7.60 Å². The molecule has 0 spiro atoms. The van der Waals surface area contributed by atoms with E-state index in [1.54, 1.807) is 0 Å². The first-order chi connectivity index (χ1) is 8.36. The fourth-order valence-electron chi connectivity index (χ4n) is 2.47. The van der Waals surface area contributed by atoms with Crippen LogP contribution < -0.4 is 0 Å². The van der Waals surface area contributed by atoms with Gasteiger partial charge in [0.15, 0.2) is 0 Å². The topological polar surface area (TPSA) is 35.5 Å². The standard InChI is InChI=1S/C14H25O3P/c1-7-16-18(15,17-8-2)9-14-12(5)10(3)11(4)13(14)6/h14H,7-9H2,1-6H3. The SMILES string of the molecule is CCOP(=O)(CC1C(C)=C(C)C(C)=C1C)OCC. The van der Waals surface area contributed by atoms with Crippen LogP contribution in [0.15, 0.2) is 22.3 Å². The zero-order valence-electron chi connectivity index (χ0n) is 12.4. The smallest absolute Gasteiger partial charge is 0.309 e. The van der Waals surface area contributed by atoms with E-state index in [2.05, 4.69) is 27.7 Å². The van der Waals surface area contributed by atoms with E-state index >= 15 is 0 Å². The van der Waals surface area contributed by atoms with E-state index < -0.39 is 7.60 Å². The summed E-state index contributed by atoms with van der Waals surface area (Å²) in [6, 6.07) is 0. The molecule has 0 aliphatic heterocycles. The van der Waals surface area contributed by atoms with Gasteiger partial charge in [0, 0.05) is 5.92 Å². The molecule has 0 N–H and O–H groups in total. The van der Waals surface area contributed by atoms with Gasteiger partial charge in [-0.05, 0) is 52.7 Å². The zero-order valence-corrected chi connectivity index (χ0v) is 13.3. The van der Waals surface area contributed by atoms with E-state index in [1.807, 2.05) is 13.8 Å². The molecule has 0 fully saturated rings. The van der Waals surface area contributed by atoms with Gasteiger partial charge >= 0.3 is 7.60 Å². The molecule has 0 atom stereocenters. The van der Waals surface area contributed by atoms with Crippen molar-refractivity contribution in [3.8, 4) is 0 Å². The molecule has 0 radical (unpaired) electrons. The summed E-state index contributed by atoms with van der Waals surface area (Å²) in [6.07, 6.45) is 0.459. The van der Waals surface area contributed by atoms with Gasteiger partial charge in [0.1, 0.15) is 0 Å². The average Bonchev–Trinajstić information content (AvgIpc) is 2.48. The lowest BCUT2D eigenvalue weighted by Gasteiger charge is -2.22. The molecule has 0 aromatic rings. The van der Waals surface area contributed by atoms with Gasteiger partial charge in [-0.15, -0.1) is 0 Å². The second-order valence-corrected chi connectivity index (χ2v) is 6.90. The maximum absolute atomic E-state index is 12.6. The van der Waals surface area contributed by atoms with Crippen molar-refractivity contribution < 1.29 is 13.6 Å². The maximum atomic E-state index is 12.6. The first kappa shape index (κ1) is 15.7. The average molecular weight is 272 g/mol. The summed E-state index contributed by atoms with van der Waals surface area (Å²) < 4.78 is 23.4. The predicted octanol–water partition coefficient (Wildman–Crippen LogP) is 4.56. The number of hydrogen-bond acceptors (Lipinski definition) is 3. The second kappa shape index (κ2) is 6.18. The van der Waals surface area contributed by atoms with Crippen molar-refractivity contribution in [1.29, 1.82) is 0 Å². The van der Waals surface area contributed by atoms with E-state index in [0.717, 1.165) is 0 Å². The van der Waals surface area contributed by atoms with Gasteiger partial charge < -0.3 is 9.05 Å². The summed E-state index contributed by atoms with van der Waals surface area (Å²) in [5.41, 5.74) is 5.23. The molecule has 104 valence electrons. The van der Waals surface area contributed by atoms with Gasteiger partial charge in [-0.1, -0.05) is 11.1 Å². The van der Waals surface area contributed by atoms with Crippen LogP contribution in [-0.2, 0) is 13.6 Å². The fourth-order valence-corrected chi connectivity index (χ4v) is 4.54. The highest BCUT2D eigenvalue weighted by Crippen LogP contribution is 2.53. The Kier molecular flexibility index (Phi) is 5.39. The van der Waals surface area contributed by atoms with Crippen LogP contribution in [0.25, 0.3) is 0 Å². The molecular formula is C14H25O3P. The predicted molar refractivity (Wildman–Crippen MR) is 76.0 cm³/mol. The van der Waals surface area contributed by atoms with Crippen LogP contribution in [0.3, 0.4) is 0 Å². The van der Waals surface area contributed by atoms with Crippen molar-refractivity contribution in [2.24, 2.45) is 5.92 Å². The van der Waals surface area contributed by atoms with Gasteiger partial charge in [-0.2, -0.15) is 0 Å². The molecule has 1 aliphatic rings. The zero-order chi connectivity index (χ0) is 13.9. The molecule has 0 saturated heterocycles. The third kappa shape index (κ3) is 3.14. The monoisotopic (exact) mass is 272 g/mol. The molecule has 0 amide bonds. The minimum atomic E-state index is -2.96. The Labute approximate surface area is 111 Å². The van der Waals surface area contributed by atoms with Crippen molar-refractivity contribution >= 4 is 7.60 Å². The van der Waals surface area contributed by atoms with E-state index in [1.165, 1.54) is 22.3 Å². The summed E-state index contributed by atoms with van der Waals surface area (Å²) in [7, 11) is -2.96. The van der Waals surface area contributed by atoms with Gasteiger partial charge in [0.2, 0.25) is 0 Å². The van der Waals surface area contributed by atoms with Crippen molar-refractivity contribution in [3.63, 3.8) is 0 Å². The van der Waals surface area contributed by atoms with Crippen LogP contribution in [0, 0.1) is 5.92 Å². The van der Waals surface area contributed by atoms with Crippen LogP contribution in [0.2, 0.25) is 0 Å². The van der Waals surface area contributed by atoms with E-state index in [0.29, 0.717) is 19.4 Å². The molecule has 0 aromatic carbocycles. The highest BCUT2D eigenvalue weighted by atomic mass is 31.2. The van der Waals surface area contributed by atoms with Crippen LogP contribution in [0.5, 0.6) is 0 Å². The highest BCUT2D eigenvalue weighted by Gasteiger charge is 2.34. The Morgan fingerprint density at radius 3 is 1.67 bits per heavy atom. The Morgan fingerprint density at radius 1 is 0.944 bits per heavy atom.